The maximum Gasteiger partial charge on any atom is 0.408 e. The maximum absolute atomic E-state index is 10.5. The highest BCUT2D eigenvalue weighted by Gasteiger charge is 2.27. The third-order valence-electron chi connectivity index (χ3n) is 2.04. The molecular formula is C7H12ClNO2. The summed E-state index contributed by atoms with van der Waals surface area (Å²) in [5.74, 6) is 0.549. The van der Waals surface area contributed by atoms with Gasteiger partial charge in [0.1, 0.15) is 5.50 Å². The second-order valence-corrected chi connectivity index (χ2v) is 3.54. The van der Waals surface area contributed by atoms with Crippen molar-refractivity contribution in [2.24, 2.45) is 5.92 Å². The van der Waals surface area contributed by atoms with Gasteiger partial charge in [0.15, 0.2) is 0 Å². The van der Waals surface area contributed by atoms with Crippen LogP contribution in [-0.4, -0.2) is 28.1 Å². The van der Waals surface area contributed by atoms with Crippen LogP contribution in [0.15, 0.2) is 0 Å². The number of likely N-dealkylation sites (tertiary alicyclic amines) is 1. The Labute approximate surface area is 70.9 Å². The Morgan fingerprint density at radius 3 is 2.82 bits per heavy atom. The molecule has 0 bridgehead atoms. The van der Waals surface area contributed by atoms with Gasteiger partial charge >= 0.3 is 6.09 Å². The van der Waals surface area contributed by atoms with Crippen molar-refractivity contribution in [1.82, 2.24) is 4.90 Å². The van der Waals surface area contributed by atoms with Gasteiger partial charge in [-0.15, -0.1) is 0 Å². The summed E-state index contributed by atoms with van der Waals surface area (Å²) in [6.45, 7) is 2.67. The smallest absolute Gasteiger partial charge is 0.408 e. The van der Waals surface area contributed by atoms with Gasteiger partial charge in [-0.25, -0.2) is 4.79 Å². The van der Waals surface area contributed by atoms with E-state index < -0.39 is 6.09 Å². The molecule has 1 fully saturated rings. The summed E-state index contributed by atoms with van der Waals surface area (Å²) in [5, 5.41) is 8.64. The van der Waals surface area contributed by atoms with Gasteiger partial charge in [-0.2, -0.15) is 0 Å². The van der Waals surface area contributed by atoms with E-state index in [1.165, 1.54) is 4.90 Å². The fourth-order valence-electron chi connectivity index (χ4n) is 1.29. The molecule has 0 saturated carbocycles. The topological polar surface area (TPSA) is 40.5 Å². The molecule has 0 aliphatic carbocycles. The average Bonchev–Trinajstić information content (AvgIpc) is 1.85. The lowest BCUT2D eigenvalue weighted by molar-refractivity contribution is 0.117. The second-order valence-electron chi connectivity index (χ2n) is 3.04. The Morgan fingerprint density at radius 1 is 1.73 bits per heavy atom. The van der Waals surface area contributed by atoms with Crippen LogP contribution in [0, 0.1) is 5.92 Å². The summed E-state index contributed by atoms with van der Waals surface area (Å²) in [6.07, 6.45) is 0.792. The van der Waals surface area contributed by atoms with Gasteiger partial charge in [-0.3, -0.25) is 4.90 Å². The van der Waals surface area contributed by atoms with Crippen molar-refractivity contribution >= 4 is 17.7 Å². The van der Waals surface area contributed by atoms with Gasteiger partial charge in [-0.05, 0) is 18.8 Å². The lowest BCUT2D eigenvalue weighted by Crippen LogP contribution is -2.42. The predicted molar refractivity (Wildman–Crippen MR) is 42.8 cm³/mol. The summed E-state index contributed by atoms with van der Waals surface area (Å²) in [6, 6.07) is 0. The standard InChI is InChI=1S/C7H12ClNO2/c1-5-2-3-9(7(10)11)6(8)4-5/h5-6H,2-4H2,1H3,(H,10,11). The van der Waals surface area contributed by atoms with E-state index in [1.54, 1.807) is 0 Å². The second kappa shape index (κ2) is 3.30. The zero-order chi connectivity index (χ0) is 8.43. The molecule has 4 heteroatoms. The Morgan fingerprint density at radius 2 is 2.36 bits per heavy atom. The number of halogens is 1. The van der Waals surface area contributed by atoms with Crippen molar-refractivity contribution in [1.29, 1.82) is 0 Å². The zero-order valence-corrected chi connectivity index (χ0v) is 7.21. The molecule has 1 saturated heterocycles. The number of piperidine rings is 1. The number of hydrogen-bond donors (Lipinski definition) is 1. The number of amides is 1. The van der Waals surface area contributed by atoms with Gasteiger partial charge < -0.3 is 5.11 Å². The molecule has 11 heavy (non-hydrogen) atoms. The van der Waals surface area contributed by atoms with Crippen LogP contribution in [0.25, 0.3) is 0 Å². The molecule has 2 atom stereocenters. The van der Waals surface area contributed by atoms with E-state index in [2.05, 4.69) is 6.92 Å². The molecule has 0 aromatic rings. The van der Waals surface area contributed by atoms with Crippen molar-refractivity contribution < 1.29 is 9.90 Å². The number of rotatable bonds is 0. The SMILES string of the molecule is CC1CCN(C(=O)O)C(Cl)C1. The molecule has 1 heterocycles. The number of carboxylic acid groups (broad SMARTS) is 1. The predicted octanol–water partition coefficient (Wildman–Crippen LogP) is 1.96. The van der Waals surface area contributed by atoms with Gasteiger partial charge in [0.2, 0.25) is 0 Å². The highest BCUT2D eigenvalue weighted by atomic mass is 35.5. The summed E-state index contributed by atoms with van der Waals surface area (Å²) in [4.78, 5) is 11.8. The van der Waals surface area contributed by atoms with Crippen LogP contribution >= 0.6 is 11.6 Å². The van der Waals surface area contributed by atoms with Gasteiger partial charge in [0.25, 0.3) is 0 Å². The van der Waals surface area contributed by atoms with Crippen LogP contribution in [0.3, 0.4) is 0 Å². The monoisotopic (exact) mass is 177 g/mol. The third kappa shape index (κ3) is 1.99. The molecule has 3 nitrogen and oxygen atoms in total. The first-order chi connectivity index (χ1) is 5.11. The zero-order valence-electron chi connectivity index (χ0n) is 6.46. The van der Waals surface area contributed by atoms with Crippen LogP contribution in [0.2, 0.25) is 0 Å². The average molecular weight is 178 g/mol. The van der Waals surface area contributed by atoms with Crippen molar-refractivity contribution in [2.75, 3.05) is 6.54 Å². The van der Waals surface area contributed by atoms with E-state index in [4.69, 9.17) is 16.7 Å². The Balaban J connectivity index is 2.50. The quantitative estimate of drug-likeness (QED) is 0.454. The molecule has 0 aromatic heterocycles. The van der Waals surface area contributed by atoms with Crippen LogP contribution in [-0.2, 0) is 0 Å². The van der Waals surface area contributed by atoms with Crippen molar-refractivity contribution in [3.8, 4) is 0 Å². The lowest BCUT2D eigenvalue weighted by atomic mass is 9.99. The van der Waals surface area contributed by atoms with Gasteiger partial charge in [0, 0.05) is 6.54 Å². The van der Waals surface area contributed by atoms with Crippen molar-refractivity contribution in [2.45, 2.75) is 25.3 Å². The minimum Gasteiger partial charge on any atom is -0.465 e. The molecule has 1 N–H and O–H groups in total. The fraction of sp³-hybridized carbons (Fsp3) is 0.857. The van der Waals surface area contributed by atoms with Crippen molar-refractivity contribution in [3.05, 3.63) is 0 Å². The minimum atomic E-state index is -0.906. The third-order valence-corrected chi connectivity index (χ3v) is 2.46. The van der Waals surface area contributed by atoms with E-state index >= 15 is 0 Å². The molecule has 64 valence electrons. The van der Waals surface area contributed by atoms with Crippen LogP contribution < -0.4 is 0 Å². The van der Waals surface area contributed by atoms with Crippen molar-refractivity contribution in [3.63, 3.8) is 0 Å². The maximum atomic E-state index is 10.5. The summed E-state index contributed by atoms with van der Waals surface area (Å²) >= 11 is 5.82. The highest BCUT2D eigenvalue weighted by Crippen LogP contribution is 2.24. The number of nitrogens with zero attached hydrogens (tertiary/aromatic N) is 1. The van der Waals surface area contributed by atoms with Crippen LogP contribution in [0.1, 0.15) is 19.8 Å². The number of alkyl halides is 1. The first-order valence-corrected chi connectivity index (χ1v) is 4.18. The Bertz CT molecular complexity index is 163. The molecule has 0 spiro atoms. The van der Waals surface area contributed by atoms with Gasteiger partial charge in [-0.1, -0.05) is 18.5 Å². The Kier molecular flexibility index (Phi) is 2.60. The highest BCUT2D eigenvalue weighted by molar-refractivity contribution is 6.21. The summed E-state index contributed by atoms with van der Waals surface area (Å²) < 4.78 is 0. The van der Waals surface area contributed by atoms with Crippen LogP contribution in [0.4, 0.5) is 4.79 Å². The largest absolute Gasteiger partial charge is 0.465 e. The minimum absolute atomic E-state index is 0.323. The lowest BCUT2D eigenvalue weighted by Gasteiger charge is -2.32. The molecule has 1 amide bonds. The summed E-state index contributed by atoms with van der Waals surface area (Å²) in [5.41, 5.74) is -0.323. The van der Waals surface area contributed by atoms with Gasteiger partial charge in [0.05, 0.1) is 0 Å². The molecule has 1 aliphatic heterocycles. The van der Waals surface area contributed by atoms with E-state index in [0.29, 0.717) is 12.5 Å². The molecule has 1 aliphatic rings. The molecule has 1 rings (SSSR count). The van der Waals surface area contributed by atoms with E-state index in [1.807, 2.05) is 0 Å². The first-order valence-electron chi connectivity index (χ1n) is 3.75. The first kappa shape index (κ1) is 8.65. The summed E-state index contributed by atoms with van der Waals surface area (Å²) in [7, 11) is 0. The number of carbonyl (C=O) groups is 1. The molecule has 0 radical (unpaired) electrons. The number of hydrogen-bond acceptors (Lipinski definition) is 1. The normalized spacial score (nSPS) is 32.0. The van der Waals surface area contributed by atoms with E-state index in [0.717, 1.165) is 12.8 Å². The molecular weight excluding hydrogens is 166 g/mol. The molecule has 0 aromatic carbocycles. The van der Waals surface area contributed by atoms with E-state index in [-0.39, 0.29) is 5.50 Å². The Hall–Kier alpha value is -0.440. The fourth-order valence-corrected chi connectivity index (χ4v) is 1.78. The molecule has 2 unspecified atom stereocenters. The van der Waals surface area contributed by atoms with Crippen LogP contribution in [0.5, 0.6) is 0 Å². The van der Waals surface area contributed by atoms with E-state index in [9.17, 15) is 4.79 Å².